The molecule has 0 atom stereocenters. The number of carboxylic acids is 1. The van der Waals surface area contributed by atoms with Gasteiger partial charge in [0.25, 0.3) is 0 Å². The number of aromatic carboxylic acids is 1. The van der Waals surface area contributed by atoms with Gasteiger partial charge in [-0.25, -0.2) is 4.79 Å². The lowest BCUT2D eigenvalue weighted by Crippen LogP contribution is -1.99. The Morgan fingerprint density at radius 1 is 1.26 bits per heavy atom. The predicted molar refractivity (Wildman–Crippen MR) is 76.7 cm³/mol. The SMILES string of the molecule is Cc1cc(C)cc(CSc2ccncc2C(=O)O)c1. The van der Waals surface area contributed by atoms with Crippen LogP contribution in [0.1, 0.15) is 27.0 Å². The molecule has 19 heavy (non-hydrogen) atoms. The molecule has 1 heterocycles. The Morgan fingerprint density at radius 2 is 1.95 bits per heavy atom. The van der Waals surface area contributed by atoms with Crippen LogP contribution in [0.5, 0.6) is 0 Å². The first kappa shape index (κ1) is 13.6. The van der Waals surface area contributed by atoms with Crippen molar-refractivity contribution >= 4 is 17.7 Å². The van der Waals surface area contributed by atoms with Gasteiger partial charge in [-0.2, -0.15) is 0 Å². The summed E-state index contributed by atoms with van der Waals surface area (Å²) in [5, 5.41) is 9.10. The molecule has 0 spiro atoms. The zero-order valence-corrected chi connectivity index (χ0v) is 11.7. The topological polar surface area (TPSA) is 50.2 Å². The maximum Gasteiger partial charge on any atom is 0.338 e. The average Bonchev–Trinajstić information content (AvgIpc) is 2.35. The second-order valence-corrected chi connectivity index (χ2v) is 5.48. The van der Waals surface area contributed by atoms with Gasteiger partial charge < -0.3 is 5.11 Å². The van der Waals surface area contributed by atoms with E-state index in [9.17, 15) is 4.79 Å². The summed E-state index contributed by atoms with van der Waals surface area (Å²) in [5.41, 5.74) is 3.92. The summed E-state index contributed by atoms with van der Waals surface area (Å²) < 4.78 is 0. The third kappa shape index (κ3) is 3.58. The lowest BCUT2D eigenvalue weighted by molar-refractivity contribution is 0.0692. The molecule has 0 aliphatic carbocycles. The quantitative estimate of drug-likeness (QED) is 0.863. The largest absolute Gasteiger partial charge is 0.478 e. The van der Waals surface area contributed by atoms with Gasteiger partial charge in [0.15, 0.2) is 0 Å². The van der Waals surface area contributed by atoms with E-state index in [4.69, 9.17) is 5.11 Å². The Bertz CT molecular complexity index is 591. The van der Waals surface area contributed by atoms with Gasteiger partial charge in [0.1, 0.15) is 0 Å². The molecular weight excluding hydrogens is 258 g/mol. The van der Waals surface area contributed by atoms with Crippen LogP contribution in [-0.2, 0) is 5.75 Å². The highest BCUT2D eigenvalue weighted by Crippen LogP contribution is 2.26. The normalized spacial score (nSPS) is 10.4. The summed E-state index contributed by atoms with van der Waals surface area (Å²) in [6.07, 6.45) is 3.02. The van der Waals surface area contributed by atoms with E-state index in [2.05, 4.69) is 37.0 Å². The number of benzene rings is 1. The highest BCUT2D eigenvalue weighted by Gasteiger charge is 2.10. The maximum atomic E-state index is 11.1. The van der Waals surface area contributed by atoms with Gasteiger partial charge in [-0.3, -0.25) is 4.98 Å². The number of carboxylic acid groups (broad SMARTS) is 1. The van der Waals surface area contributed by atoms with E-state index < -0.39 is 5.97 Å². The summed E-state index contributed by atoms with van der Waals surface area (Å²) in [6, 6.07) is 8.13. The molecule has 0 aliphatic rings. The van der Waals surface area contributed by atoms with Crippen LogP contribution in [0.3, 0.4) is 0 Å². The van der Waals surface area contributed by atoms with Gasteiger partial charge in [0.05, 0.1) is 5.56 Å². The minimum Gasteiger partial charge on any atom is -0.478 e. The summed E-state index contributed by atoms with van der Waals surface area (Å²) in [4.78, 5) is 15.7. The summed E-state index contributed by atoms with van der Waals surface area (Å²) in [5.74, 6) is -0.177. The molecule has 1 N–H and O–H groups in total. The lowest BCUT2D eigenvalue weighted by Gasteiger charge is -2.07. The number of pyridine rings is 1. The van der Waals surface area contributed by atoms with Crippen molar-refractivity contribution in [1.82, 2.24) is 4.98 Å². The van der Waals surface area contributed by atoms with Crippen molar-refractivity contribution in [3.63, 3.8) is 0 Å². The standard InChI is InChI=1S/C15H15NO2S/c1-10-5-11(2)7-12(6-10)9-19-14-3-4-16-8-13(14)15(17)18/h3-8H,9H2,1-2H3,(H,17,18). The summed E-state index contributed by atoms with van der Waals surface area (Å²) in [6.45, 7) is 4.13. The van der Waals surface area contributed by atoms with E-state index in [0.717, 1.165) is 10.6 Å². The first-order chi connectivity index (χ1) is 9.06. The fourth-order valence-corrected chi connectivity index (χ4v) is 2.92. The van der Waals surface area contributed by atoms with Crippen molar-refractivity contribution in [3.8, 4) is 0 Å². The third-order valence-corrected chi connectivity index (χ3v) is 3.83. The van der Waals surface area contributed by atoms with E-state index in [0.29, 0.717) is 0 Å². The molecule has 0 saturated heterocycles. The number of hydrogen-bond donors (Lipinski definition) is 1. The van der Waals surface area contributed by atoms with Crippen LogP contribution >= 0.6 is 11.8 Å². The molecule has 3 nitrogen and oxygen atoms in total. The smallest absolute Gasteiger partial charge is 0.338 e. The van der Waals surface area contributed by atoms with Gasteiger partial charge in [-0.05, 0) is 25.5 Å². The number of carbonyl (C=O) groups is 1. The van der Waals surface area contributed by atoms with Crippen LogP contribution in [0, 0.1) is 13.8 Å². The van der Waals surface area contributed by atoms with Crippen LogP contribution in [0.4, 0.5) is 0 Å². The molecule has 1 aromatic heterocycles. The van der Waals surface area contributed by atoms with Crippen LogP contribution in [-0.4, -0.2) is 16.1 Å². The minimum atomic E-state index is -0.934. The Hall–Kier alpha value is -1.81. The molecule has 2 rings (SSSR count). The molecule has 0 aliphatic heterocycles. The molecule has 0 bridgehead atoms. The van der Waals surface area contributed by atoms with Gasteiger partial charge >= 0.3 is 5.97 Å². The first-order valence-electron chi connectivity index (χ1n) is 5.93. The Balaban J connectivity index is 2.16. The summed E-state index contributed by atoms with van der Waals surface area (Å²) in [7, 11) is 0. The summed E-state index contributed by atoms with van der Waals surface area (Å²) >= 11 is 1.53. The second kappa shape index (κ2) is 5.89. The van der Waals surface area contributed by atoms with Crippen molar-refractivity contribution in [3.05, 3.63) is 58.9 Å². The molecule has 0 amide bonds. The molecule has 0 radical (unpaired) electrons. The second-order valence-electron chi connectivity index (χ2n) is 4.46. The number of rotatable bonds is 4. The van der Waals surface area contributed by atoms with Crippen LogP contribution in [0.2, 0.25) is 0 Å². The predicted octanol–water partition coefficient (Wildman–Crippen LogP) is 3.69. The Kier molecular flexibility index (Phi) is 4.22. The number of thioether (sulfide) groups is 1. The zero-order chi connectivity index (χ0) is 13.8. The van der Waals surface area contributed by atoms with Crippen LogP contribution < -0.4 is 0 Å². The molecule has 0 saturated carbocycles. The number of hydrogen-bond acceptors (Lipinski definition) is 3. The monoisotopic (exact) mass is 273 g/mol. The Morgan fingerprint density at radius 3 is 2.58 bits per heavy atom. The van der Waals surface area contributed by atoms with E-state index >= 15 is 0 Å². The molecule has 1 aromatic carbocycles. The first-order valence-corrected chi connectivity index (χ1v) is 6.92. The number of nitrogens with zero attached hydrogens (tertiary/aromatic N) is 1. The fraction of sp³-hybridized carbons (Fsp3) is 0.200. The average molecular weight is 273 g/mol. The van der Waals surface area contributed by atoms with Crippen LogP contribution in [0.25, 0.3) is 0 Å². The van der Waals surface area contributed by atoms with Crippen molar-refractivity contribution in [2.24, 2.45) is 0 Å². The fourth-order valence-electron chi connectivity index (χ4n) is 1.98. The number of aryl methyl sites for hydroxylation is 2. The van der Waals surface area contributed by atoms with E-state index in [1.54, 1.807) is 12.3 Å². The minimum absolute atomic E-state index is 0.261. The molecular formula is C15H15NO2S. The van der Waals surface area contributed by atoms with Gasteiger partial charge in [-0.1, -0.05) is 29.3 Å². The number of aromatic nitrogens is 1. The van der Waals surface area contributed by atoms with Crippen LogP contribution in [0.15, 0.2) is 41.6 Å². The zero-order valence-electron chi connectivity index (χ0n) is 10.9. The highest BCUT2D eigenvalue weighted by atomic mass is 32.2. The van der Waals surface area contributed by atoms with Crippen molar-refractivity contribution in [1.29, 1.82) is 0 Å². The van der Waals surface area contributed by atoms with Crippen molar-refractivity contribution < 1.29 is 9.90 Å². The van der Waals surface area contributed by atoms with E-state index in [1.807, 2.05) is 0 Å². The van der Waals surface area contributed by atoms with Gasteiger partial charge in [0.2, 0.25) is 0 Å². The highest BCUT2D eigenvalue weighted by molar-refractivity contribution is 7.98. The molecule has 0 fully saturated rings. The Labute approximate surface area is 116 Å². The molecule has 2 aromatic rings. The van der Waals surface area contributed by atoms with Gasteiger partial charge in [-0.15, -0.1) is 11.8 Å². The van der Waals surface area contributed by atoms with Gasteiger partial charge in [0, 0.05) is 23.0 Å². The van der Waals surface area contributed by atoms with E-state index in [-0.39, 0.29) is 5.56 Å². The maximum absolute atomic E-state index is 11.1. The lowest BCUT2D eigenvalue weighted by atomic mass is 10.1. The van der Waals surface area contributed by atoms with Crippen molar-refractivity contribution in [2.45, 2.75) is 24.5 Å². The molecule has 98 valence electrons. The molecule has 0 unspecified atom stereocenters. The molecule has 4 heteroatoms. The van der Waals surface area contributed by atoms with Crippen molar-refractivity contribution in [2.75, 3.05) is 0 Å². The van der Waals surface area contributed by atoms with E-state index in [1.165, 1.54) is 34.6 Å². The third-order valence-electron chi connectivity index (χ3n) is 2.69.